The van der Waals surface area contributed by atoms with E-state index in [4.69, 9.17) is 14.4 Å². The summed E-state index contributed by atoms with van der Waals surface area (Å²) in [4.78, 5) is 53.0. The molecule has 0 radical (unpaired) electrons. The summed E-state index contributed by atoms with van der Waals surface area (Å²) < 4.78 is 48.9. The van der Waals surface area contributed by atoms with Gasteiger partial charge >= 0.3 is 25.2 Å². The number of aromatic nitrogens is 1. The van der Waals surface area contributed by atoms with Gasteiger partial charge in [-0.2, -0.15) is 13.2 Å². The molecule has 1 amide bonds. The number of thiazole rings is 1. The molecule has 0 spiro atoms. The van der Waals surface area contributed by atoms with Crippen molar-refractivity contribution in [2.24, 2.45) is 5.92 Å². The van der Waals surface area contributed by atoms with Gasteiger partial charge in [0.05, 0.1) is 18.4 Å². The first-order valence-electron chi connectivity index (χ1n) is 11.0. The molecule has 3 rings (SSSR count). The second kappa shape index (κ2) is 10.9. The van der Waals surface area contributed by atoms with Crippen molar-refractivity contribution in [3.63, 3.8) is 0 Å². The molecule has 35 heavy (non-hydrogen) atoms. The number of halogens is 3. The summed E-state index contributed by atoms with van der Waals surface area (Å²) in [5, 5.41) is 12.6. The molecular formula is C20H25BF3N3O7S. The van der Waals surface area contributed by atoms with E-state index in [1.54, 1.807) is 0 Å². The van der Waals surface area contributed by atoms with Gasteiger partial charge in [-0.3, -0.25) is 19.2 Å². The zero-order valence-electron chi connectivity index (χ0n) is 19.0. The SMILES string of the molecule is CC(C)C[C@H](NC(=O)CCC(=O)[C@@H]1CCN1c1nc(C(F)(F)F)cs1)B1OC(=O)[C@H](CC(=O)O)O1. The molecule has 3 heterocycles. The van der Waals surface area contributed by atoms with Crippen LogP contribution in [-0.2, 0) is 34.7 Å². The van der Waals surface area contributed by atoms with Crippen LogP contribution < -0.4 is 10.2 Å². The zero-order valence-corrected chi connectivity index (χ0v) is 19.9. The molecule has 0 aliphatic carbocycles. The standard InChI is InChI=1S/C20H25BF3N3O7S/c1-10(2)7-15(21-33-13(8-17(30)31)18(32)34-21)26-16(29)4-3-12(28)11-5-6-27(11)19-25-14(9-35-19)20(22,23)24/h9-11,13,15H,3-8H2,1-2H3,(H,26,29)(H,30,31)/t11-,13-,15-/m0/s1. The van der Waals surface area contributed by atoms with Crippen LogP contribution in [0.25, 0.3) is 0 Å². The van der Waals surface area contributed by atoms with E-state index >= 15 is 0 Å². The lowest BCUT2D eigenvalue weighted by Gasteiger charge is -2.39. The van der Waals surface area contributed by atoms with Crippen molar-refractivity contribution in [2.45, 2.75) is 70.2 Å². The van der Waals surface area contributed by atoms with E-state index in [2.05, 4.69) is 10.3 Å². The van der Waals surface area contributed by atoms with Gasteiger partial charge in [0, 0.05) is 24.8 Å². The normalized spacial score (nSPS) is 21.0. The second-order valence-electron chi connectivity index (χ2n) is 8.81. The third-order valence-corrected chi connectivity index (χ3v) is 6.45. The van der Waals surface area contributed by atoms with Crippen LogP contribution in [0.1, 0.15) is 51.6 Å². The Morgan fingerprint density at radius 1 is 1.34 bits per heavy atom. The van der Waals surface area contributed by atoms with Crippen molar-refractivity contribution >= 4 is 47.2 Å². The molecule has 2 aliphatic rings. The number of hydrogen-bond acceptors (Lipinski definition) is 9. The Hall–Kier alpha value is -2.68. The first-order valence-corrected chi connectivity index (χ1v) is 11.9. The number of hydrogen-bond donors (Lipinski definition) is 2. The maximum Gasteiger partial charge on any atom is 0.552 e. The fraction of sp³-hybridized carbons (Fsp3) is 0.650. The molecule has 192 valence electrons. The van der Waals surface area contributed by atoms with E-state index in [0.29, 0.717) is 19.4 Å². The minimum atomic E-state index is -4.56. The number of amides is 1. The summed E-state index contributed by atoms with van der Waals surface area (Å²) in [6.45, 7) is 4.15. The molecular weight excluding hydrogens is 494 g/mol. The van der Waals surface area contributed by atoms with E-state index in [9.17, 15) is 32.3 Å². The molecule has 0 aromatic carbocycles. The van der Waals surface area contributed by atoms with Crippen molar-refractivity contribution in [3.8, 4) is 0 Å². The van der Waals surface area contributed by atoms with E-state index in [0.717, 1.165) is 16.7 Å². The number of aliphatic carboxylic acids is 1. The summed E-state index contributed by atoms with van der Waals surface area (Å²) in [5.74, 6) is -3.50. The van der Waals surface area contributed by atoms with Crippen LogP contribution in [0.5, 0.6) is 0 Å². The Morgan fingerprint density at radius 2 is 2.06 bits per heavy atom. The Labute approximate surface area is 203 Å². The van der Waals surface area contributed by atoms with Crippen molar-refractivity contribution in [1.82, 2.24) is 10.3 Å². The molecule has 2 fully saturated rings. The number of carboxylic acid groups (broad SMARTS) is 1. The predicted molar refractivity (Wildman–Crippen MR) is 117 cm³/mol. The number of ketones is 1. The number of nitrogens with zero attached hydrogens (tertiary/aromatic N) is 2. The van der Waals surface area contributed by atoms with Crippen LogP contribution in [0.2, 0.25) is 0 Å². The highest BCUT2D eigenvalue weighted by Crippen LogP contribution is 2.36. The van der Waals surface area contributed by atoms with Gasteiger partial charge in [0.2, 0.25) is 5.91 Å². The van der Waals surface area contributed by atoms with Gasteiger partial charge in [0.25, 0.3) is 0 Å². The smallest absolute Gasteiger partial charge is 0.506 e. The fourth-order valence-electron chi connectivity index (χ4n) is 3.81. The quantitative estimate of drug-likeness (QED) is 0.421. The lowest BCUT2D eigenvalue weighted by Crippen LogP contribution is -2.53. The molecule has 2 N–H and O–H groups in total. The summed E-state index contributed by atoms with van der Waals surface area (Å²) in [5.41, 5.74) is -1.01. The summed E-state index contributed by atoms with van der Waals surface area (Å²) in [6, 6.07) is -0.641. The molecule has 0 bridgehead atoms. The number of rotatable bonds is 11. The van der Waals surface area contributed by atoms with Gasteiger partial charge in [-0.25, -0.2) is 4.98 Å². The van der Waals surface area contributed by atoms with Crippen LogP contribution in [0.4, 0.5) is 18.3 Å². The number of anilines is 1. The fourth-order valence-corrected chi connectivity index (χ4v) is 4.72. The Balaban J connectivity index is 1.53. The highest BCUT2D eigenvalue weighted by molar-refractivity contribution is 7.13. The molecule has 1 aromatic heterocycles. The number of nitrogens with one attached hydrogen (secondary N) is 1. The third kappa shape index (κ3) is 6.93. The van der Waals surface area contributed by atoms with E-state index < -0.39 is 61.3 Å². The van der Waals surface area contributed by atoms with Crippen molar-refractivity contribution in [1.29, 1.82) is 0 Å². The highest BCUT2D eigenvalue weighted by atomic mass is 32.1. The zero-order chi connectivity index (χ0) is 25.9. The van der Waals surface area contributed by atoms with Crippen LogP contribution >= 0.6 is 11.3 Å². The molecule has 0 unspecified atom stereocenters. The lowest BCUT2D eigenvalue weighted by molar-refractivity contribution is -0.145. The van der Waals surface area contributed by atoms with Crippen molar-refractivity contribution in [2.75, 3.05) is 11.4 Å². The molecule has 3 atom stereocenters. The summed E-state index contributed by atoms with van der Waals surface area (Å²) in [7, 11) is -1.15. The number of carbonyl (C=O) groups is 4. The van der Waals surface area contributed by atoms with Gasteiger partial charge < -0.3 is 24.6 Å². The van der Waals surface area contributed by atoms with Crippen LogP contribution in [0.15, 0.2) is 5.38 Å². The minimum Gasteiger partial charge on any atom is -0.506 e. The Bertz CT molecular complexity index is 974. The average molecular weight is 519 g/mol. The van der Waals surface area contributed by atoms with Gasteiger partial charge in [-0.1, -0.05) is 13.8 Å². The van der Waals surface area contributed by atoms with E-state index in [-0.39, 0.29) is 29.7 Å². The average Bonchev–Trinajstić information content (AvgIpc) is 3.32. The van der Waals surface area contributed by atoms with E-state index in [1.165, 1.54) is 4.90 Å². The van der Waals surface area contributed by atoms with Gasteiger partial charge in [-0.15, -0.1) is 11.3 Å². The minimum absolute atomic E-state index is 0.0752. The molecule has 0 saturated carbocycles. The Kier molecular flexibility index (Phi) is 8.41. The Morgan fingerprint density at radius 3 is 2.60 bits per heavy atom. The molecule has 15 heteroatoms. The van der Waals surface area contributed by atoms with Crippen molar-refractivity contribution < 1.29 is 46.8 Å². The second-order valence-corrected chi connectivity index (χ2v) is 9.65. The van der Waals surface area contributed by atoms with Gasteiger partial charge in [0.15, 0.2) is 22.7 Å². The first kappa shape index (κ1) is 26.9. The number of carbonyl (C=O) groups excluding carboxylic acids is 3. The maximum absolute atomic E-state index is 12.8. The van der Waals surface area contributed by atoms with Crippen LogP contribution in [-0.4, -0.2) is 65.5 Å². The lowest BCUT2D eigenvalue weighted by atomic mass is 9.74. The number of alkyl halides is 3. The van der Waals surface area contributed by atoms with Crippen molar-refractivity contribution in [3.05, 3.63) is 11.1 Å². The summed E-state index contributed by atoms with van der Waals surface area (Å²) >= 11 is 0.809. The monoisotopic (exact) mass is 519 g/mol. The predicted octanol–water partition coefficient (Wildman–Crippen LogP) is 2.06. The third-order valence-electron chi connectivity index (χ3n) is 5.57. The maximum atomic E-state index is 12.8. The summed E-state index contributed by atoms with van der Waals surface area (Å²) in [6.07, 6.45) is -5.87. The first-order chi connectivity index (χ1) is 16.3. The van der Waals surface area contributed by atoms with Crippen LogP contribution in [0, 0.1) is 5.92 Å². The van der Waals surface area contributed by atoms with Gasteiger partial charge in [0.1, 0.15) is 0 Å². The molecule has 2 aliphatic heterocycles. The highest BCUT2D eigenvalue weighted by Gasteiger charge is 2.47. The molecule has 2 saturated heterocycles. The molecule has 1 aromatic rings. The molecule has 10 nitrogen and oxygen atoms in total. The van der Waals surface area contributed by atoms with Crippen LogP contribution in [0.3, 0.4) is 0 Å². The largest absolute Gasteiger partial charge is 0.552 e. The number of carboxylic acids is 1. The number of Topliss-reactive ketones (excluding diaryl/α,β-unsaturated/α-hetero) is 1. The topological polar surface area (TPSA) is 135 Å². The van der Waals surface area contributed by atoms with Gasteiger partial charge in [-0.05, 0) is 18.8 Å². The van der Waals surface area contributed by atoms with E-state index in [1.807, 2.05) is 13.8 Å².